The molecule has 0 spiro atoms. The molecule has 1 amide bonds. The van der Waals surface area contributed by atoms with Crippen molar-refractivity contribution in [1.29, 1.82) is 0 Å². The number of rotatable bonds is 7. The van der Waals surface area contributed by atoms with Crippen LogP contribution in [0.4, 0.5) is 5.69 Å². The van der Waals surface area contributed by atoms with Crippen molar-refractivity contribution in [3.8, 4) is 0 Å². The first-order valence-electron chi connectivity index (χ1n) is 11.1. The van der Waals surface area contributed by atoms with Crippen molar-refractivity contribution in [3.63, 3.8) is 0 Å². The van der Waals surface area contributed by atoms with E-state index in [0.29, 0.717) is 27.8 Å². The molecule has 4 bridgehead atoms. The third-order valence-corrected chi connectivity index (χ3v) is 10.1. The molecule has 0 atom stereocenters. The van der Waals surface area contributed by atoms with Crippen LogP contribution >= 0.6 is 22.9 Å². The molecule has 4 aliphatic rings. The molecular weight excluding hydrogens is 484 g/mol. The third-order valence-electron chi connectivity index (χ3n) is 6.96. The molecule has 0 radical (unpaired) electrons. The lowest BCUT2D eigenvalue weighted by Crippen LogP contribution is -2.60. The molecule has 7 nitrogen and oxygen atoms in total. The smallest absolute Gasteiger partial charge is 0.338 e. The quantitative estimate of drug-likeness (QED) is 0.538. The molecule has 33 heavy (non-hydrogen) atoms. The second-order valence-electron chi connectivity index (χ2n) is 9.56. The van der Waals surface area contributed by atoms with E-state index in [0.717, 1.165) is 30.6 Å². The number of nitrogens with one attached hydrogen (secondary N) is 2. The molecule has 2 aromatic rings. The molecule has 1 heterocycles. The lowest BCUT2D eigenvalue weighted by Gasteiger charge is -2.56. The Hall–Kier alpha value is -2.10. The van der Waals surface area contributed by atoms with Crippen molar-refractivity contribution >= 4 is 50.5 Å². The molecular formula is C23H25ClN2O5S2. The number of esters is 1. The van der Waals surface area contributed by atoms with Crippen molar-refractivity contribution in [2.45, 2.75) is 48.3 Å². The predicted molar refractivity (Wildman–Crippen MR) is 126 cm³/mol. The predicted octanol–water partition coefficient (Wildman–Crippen LogP) is 4.44. The van der Waals surface area contributed by atoms with E-state index in [4.69, 9.17) is 16.3 Å². The van der Waals surface area contributed by atoms with Crippen molar-refractivity contribution < 1.29 is 22.7 Å². The van der Waals surface area contributed by atoms with E-state index in [1.807, 2.05) is 0 Å². The molecule has 4 fully saturated rings. The average Bonchev–Trinajstić information content (AvgIpc) is 3.18. The number of halogens is 1. The highest BCUT2D eigenvalue weighted by atomic mass is 35.5. The highest BCUT2D eigenvalue weighted by Gasteiger charge is 2.51. The topological polar surface area (TPSA) is 102 Å². The molecule has 2 N–H and O–H groups in total. The van der Waals surface area contributed by atoms with Gasteiger partial charge in [-0.2, -0.15) is 0 Å². The van der Waals surface area contributed by atoms with Crippen molar-refractivity contribution in [2.24, 2.45) is 17.8 Å². The fourth-order valence-corrected chi connectivity index (χ4v) is 8.67. The molecule has 1 aromatic carbocycles. The van der Waals surface area contributed by atoms with Crippen LogP contribution in [0.3, 0.4) is 0 Å². The number of sulfonamides is 1. The van der Waals surface area contributed by atoms with Gasteiger partial charge in [0.25, 0.3) is 15.9 Å². The minimum Gasteiger partial charge on any atom is -0.452 e. The standard InChI is InChI=1S/C23H25ClN2O5S2/c24-19-5-6-21(32-19)33(29,30)26-18-3-1-17(2-4-18)22(28)31-13-20(27)25-23-10-14-7-15(11-23)9-16(8-14)12-23/h1-6,14-16,26H,7-13H2,(H,25,27). The van der Waals surface area contributed by atoms with Gasteiger partial charge in [-0.1, -0.05) is 11.6 Å². The maximum absolute atomic E-state index is 12.5. The zero-order chi connectivity index (χ0) is 23.2. The summed E-state index contributed by atoms with van der Waals surface area (Å²) in [6.07, 6.45) is 6.97. The third kappa shape index (κ3) is 4.90. The van der Waals surface area contributed by atoms with Gasteiger partial charge in [-0.3, -0.25) is 9.52 Å². The molecule has 10 heteroatoms. The second kappa shape index (κ2) is 8.60. The highest BCUT2D eigenvalue weighted by Crippen LogP contribution is 2.55. The van der Waals surface area contributed by atoms with Gasteiger partial charge >= 0.3 is 5.97 Å². The number of anilines is 1. The van der Waals surface area contributed by atoms with Crippen LogP contribution in [0.2, 0.25) is 4.34 Å². The minimum absolute atomic E-state index is 0.0982. The van der Waals surface area contributed by atoms with E-state index in [1.165, 1.54) is 55.7 Å². The Kier molecular flexibility index (Phi) is 5.91. The first-order valence-corrected chi connectivity index (χ1v) is 13.7. The van der Waals surface area contributed by atoms with Crippen LogP contribution in [0.15, 0.2) is 40.6 Å². The summed E-state index contributed by atoms with van der Waals surface area (Å²) in [4.78, 5) is 24.9. The summed E-state index contributed by atoms with van der Waals surface area (Å²) in [7, 11) is -3.75. The number of amides is 1. The number of thiophene rings is 1. The lowest BCUT2D eigenvalue weighted by atomic mass is 9.53. The molecule has 1 aromatic heterocycles. The normalized spacial score (nSPS) is 27.8. The monoisotopic (exact) mass is 508 g/mol. The number of hydrogen-bond donors (Lipinski definition) is 2. The van der Waals surface area contributed by atoms with E-state index >= 15 is 0 Å². The largest absolute Gasteiger partial charge is 0.452 e. The van der Waals surface area contributed by atoms with E-state index in [-0.39, 0.29) is 27.8 Å². The Labute approximate surface area is 201 Å². The van der Waals surface area contributed by atoms with E-state index in [2.05, 4.69) is 10.0 Å². The average molecular weight is 509 g/mol. The zero-order valence-electron chi connectivity index (χ0n) is 17.9. The number of carbonyl (C=O) groups is 2. The fraction of sp³-hybridized carbons (Fsp3) is 0.478. The molecule has 4 saturated carbocycles. The number of carbonyl (C=O) groups excluding carboxylic acids is 2. The van der Waals surface area contributed by atoms with Crippen molar-refractivity contribution in [1.82, 2.24) is 5.32 Å². The number of hydrogen-bond acceptors (Lipinski definition) is 6. The van der Waals surface area contributed by atoms with Crippen LogP contribution in [0, 0.1) is 17.8 Å². The molecule has 0 unspecified atom stereocenters. The Balaban J connectivity index is 1.14. The first-order chi connectivity index (χ1) is 15.7. The zero-order valence-corrected chi connectivity index (χ0v) is 20.3. The van der Waals surface area contributed by atoms with Crippen LogP contribution in [0.1, 0.15) is 48.9 Å². The Morgan fingerprint density at radius 2 is 1.61 bits per heavy atom. The van der Waals surface area contributed by atoms with Gasteiger partial charge in [0.05, 0.1) is 9.90 Å². The molecule has 6 rings (SSSR count). The number of ether oxygens (including phenoxy) is 1. The molecule has 4 aliphatic carbocycles. The molecule has 176 valence electrons. The van der Waals surface area contributed by atoms with Gasteiger partial charge in [-0.05, 0) is 92.7 Å². The van der Waals surface area contributed by atoms with Gasteiger partial charge in [0.15, 0.2) is 6.61 Å². The van der Waals surface area contributed by atoms with E-state index in [1.54, 1.807) is 0 Å². The van der Waals surface area contributed by atoms with Gasteiger partial charge in [-0.15, -0.1) is 11.3 Å². The Bertz CT molecular complexity index is 1140. The fourth-order valence-electron chi connectivity index (χ4n) is 6.13. The minimum atomic E-state index is -3.75. The van der Waals surface area contributed by atoms with Crippen molar-refractivity contribution in [2.75, 3.05) is 11.3 Å². The molecule has 0 aliphatic heterocycles. The lowest BCUT2D eigenvalue weighted by molar-refractivity contribution is -0.130. The van der Waals surface area contributed by atoms with Crippen LogP contribution in [0.25, 0.3) is 0 Å². The van der Waals surface area contributed by atoms with E-state index in [9.17, 15) is 18.0 Å². The summed E-state index contributed by atoms with van der Waals surface area (Å²) in [6, 6.07) is 8.80. The van der Waals surface area contributed by atoms with E-state index < -0.39 is 16.0 Å². The van der Waals surface area contributed by atoms with Crippen LogP contribution in [-0.2, 0) is 19.6 Å². The Morgan fingerprint density at radius 3 is 2.15 bits per heavy atom. The highest BCUT2D eigenvalue weighted by molar-refractivity contribution is 7.94. The first kappa shape index (κ1) is 22.7. The van der Waals surface area contributed by atoms with Gasteiger partial charge in [0.2, 0.25) is 0 Å². The summed E-state index contributed by atoms with van der Waals surface area (Å²) < 4.78 is 32.9. The number of benzene rings is 1. The summed E-state index contributed by atoms with van der Waals surface area (Å²) in [6.45, 7) is -0.325. The summed E-state index contributed by atoms with van der Waals surface area (Å²) >= 11 is 6.77. The maximum Gasteiger partial charge on any atom is 0.338 e. The maximum atomic E-state index is 12.5. The summed E-state index contributed by atoms with van der Waals surface area (Å²) in [5, 5.41) is 3.18. The van der Waals surface area contributed by atoms with Gasteiger partial charge in [-0.25, -0.2) is 13.2 Å². The van der Waals surface area contributed by atoms with Gasteiger partial charge < -0.3 is 10.1 Å². The Morgan fingerprint density at radius 1 is 1.00 bits per heavy atom. The van der Waals surface area contributed by atoms with Gasteiger partial charge in [0, 0.05) is 11.2 Å². The SMILES string of the molecule is O=C(COC(=O)c1ccc(NS(=O)(=O)c2ccc(Cl)s2)cc1)NC12CC3CC(CC(C3)C1)C2. The second-order valence-corrected chi connectivity index (χ2v) is 13.2. The van der Waals surface area contributed by atoms with Crippen LogP contribution in [-0.4, -0.2) is 32.4 Å². The van der Waals surface area contributed by atoms with Crippen molar-refractivity contribution in [3.05, 3.63) is 46.3 Å². The summed E-state index contributed by atoms with van der Waals surface area (Å²) in [5.74, 6) is 1.25. The summed E-state index contributed by atoms with van der Waals surface area (Å²) in [5.41, 5.74) is 0.416. The van der Waals surface area contributed by atoms with Crippen LogP contribution in [0.5, 0.6) is 0 Å². The van der Waals surface area contributed by atoms with Gasteiger partial charge in [0.1, 0.15) is 4.21 Å². The molecule has 0 saturated heterocycles. The van der Waals surface area contributed by atoms with Crippen LogP contribution < -0.4 is 10.0 Å².